The van der Waals surface area contributed by atoms with Crippen molar-refractivity contribution in [1.82, 2.24) is 0 Å². The normalized spacial score (nSPS) is 52.5. The Morgan fingerprint density at radius 2 is 0.853 bits per heavy atom. The van der Waals surface area contributed by atoms with Crippen molar-refractivity contribution >= 4 is 0 Å². The molecule has 0 bridgehead atoms. The van der Waals surface area contributed by atoms with Crippen LogP contribution in [0.15, 0.2) is 0 Å². The van der Waals surface area contributed by atoms with E-state index in [0.29, 0.717) is 0 Å². The molecule has 3 saturated heterocycles. The second-order valence-electron chi connectivity index (χ2n) is 8.33. The van der Waals surface area contributed by atoms with Crippen LogP contribution in [0.5, 0.6) is 0 Å². The molecular formula is C18H32O16. The lowest BCUT2D eigenvalue weighted by Crippen LogP contribution is -2.66. The second kappa shape index (κ2) is 11.6. The molecule has 0 saturated carbocycles. The molecule has 34 heavy (non-hydrogen) atoms. The van der Waals surface area contributed by atoms with Crippen LogP contribution in [0.2, 0.25) is 0 Å². The molecule has 3 rings (SSSR count). The molecule has 0 aliphatic carbocycles. The third-order valence-electron chi connectivity index (χ3n) is 6.09. The van der Waals surface area contributed by atoms with Crippen LogP contribution < -0.4 is 0 Å². The molecule has 0 amide bonds. The largest absolute Gasteiger partial charge is 0.394 e. The van der Waals surface area contributed by atoms with Crippen molar-refractivity contribution < 1.29 is 79.9 Å². The maximum atomic E-state index is 10.6. The van der Waals surface area contributed by atoms with E-state index in [-0.39, 0.29) is 0 Å². The molecule has 0 aromatic heterocycles. The summed E-state index contributed by atoms with van der Waals surface area (Å²) in [6.07, 6.45) is -25.1. The molecule has 3 aliphatic heterocycles. The number of hydrogen-bond acceptors (Lipinski definition) is 16. The highest BCUT2D eigenvalue weighted by Crippen LogP contribution is 2.32. The van der Waals surface area contributed by atoms with Gasteiger partial charge in [0.15, 0.2) is 18.9 Å². The Kier molecular flexibility index (Phi) is 9.54. The second-order valence-corrected chi connectivity index (χ2v) is 8.33. The summed E-state index contributed by atoms with van der Waals surface area (Å²) in [5.74, 6) is 0. The van der Waals surface area contributed by atoms with Gasteiger partial charge in [0.2, 0.25) is 0 Å². The summed E-state index contributed by atoms with van der Waals surface area (Å²) in [4.78, 5) is 0. The first-order chi connectivity index (χ1) is 16.0. The van der Waals surface area contributed by atoms with E-state index in [9.17, 15) is 56.2 Å². The van der Waals surface area contributed by atoms with Gasteiger partial charge in [0.1, 0.15) is 73.2 Å². The highest BCUT2D eigenvalue weighted by Gasteiger charge is 2.53. The van der Waals surface area contributed by atoms with Gasteiger partial charge in [0, 0.05) is 0 Å². The standard InChI is InChI=1S/C18H32O16/c19-1-4-7(22)8(23)12(27)17(31-4)34-15-6(3-21)32-18(13(28)10(15)25)33-14-5(2-20)30-16(29)11(26)9(14)24/h4-29H,1-3H2/t4-,5-,6-,7?,8?,9?,10-,11?,12?,13-,14?,15-,16?,17?,18+/m1/s1. The van der Waals surface area contributed by atoms with Gasteiger partial charge in [-0.15, -0.1) is 0 Å². The van der Waals surface area contributed by atoms with Crippen LogP contribution in [0, 0.1) is 0 Å². The summed E-state index contributed by atoms with van der Waals surface area (Å²) in [5.41, 5.74) is 0. The smallest absolute Gasteiger partial charge is 0.187 e. The molecule has 0 aromatic rings. The van der Waals surface area contributed by atoms with Gasteiger partial charge >= 0.3 is 0 Å². The number of aliphatic hydroxyl groups is 11. The van der Waals surface area contributed by atoms with Crippen molar-refractivity contribution in [2.75, 3.05) is 19.8 Å². The SMILES string of the molecule is OC[C@H]1OC(O[C@H]2[C@H](O)[C@@H](O)[C@H](OC3C(O)C(O)C(O)O[C@@H]3CO)O[C@@H]2CO)C(O)C(O)C1O. The van der Waals surface area contributed by atoms with Gasteiger partial charge in [0.05, 0.1) is 19.8 Å². The molecule has 15 atom stereocenters. The quantitative estimate of drug-likeness (QED) is 0.154. The highest BCUT2D eigenvalue weighted by molar-refractivity contribution is 4.96. The predicted molar refractivity (Wildman–Crippen MR) is 101 cm³/mol. The van der Waals surface area contributed by atoms with Crippen molar-refractivity contribution in [3.05, 3.63) is 0 Å². The van der Waals surface area contributed by atoms with E-state index in [1.54, 1.807) is 0 Å². The summed E-state index contributed by atoms with van der Waals surface area (Å²) >= 11 is 0. The third-order valence-corrected chi connectivity index (χ3v) is 6.09. The van der Waals surface area contributed by atoms with Crippen LogP contribution >= 0.6 is 0 Å². The van der Waals surface area contributed by atoms with E-state index in [1.807, 2.05) is 0 Å². The summed E-state index contributed by atoms with van der Waals surface area (Å²) in [5, 5.41) is 109. The van der Waals surface area contributed by atoms with Crippen LogP contribution in [0.4, 0.5) is 0 Å². The van der Waals surface area contributed by atoms with Crippen molar-refractivity contribution in [3.8, 4) is 0 Å². The van der Waals surface area contributed by atoms with Crippen LogP contribution in [-0.2, 0) is 23.7 Å². The average Bonchev–Trinajstić information content (AvgIpc) is 2.83. The highest BCUT2D eigenvalue weighted by atomic mass is 16.8. The van der Waals surface area contributed by atoms with E-state index >= 15 is 0 Å². The van der Waals surface area contributed by atoms with E-state index in [2.05, 4.69) is 0 Å². The number of aliphatic hydroxyl groups excluding tert-OH is 11. The minimum atomic E-state index is -1.91. The summed E-state index contributed by atoms with van der Waals surface area (Å²) in [7, 11) is 0. The summed E-state index contributed by atoms with van der Waals surface area (Å²) in [6, 6.07) is 0. The zero-order valence-corrected chi connectivity index (χ0v) is 17.7. The Hall–Kier alpha value is -0.640. The molecule has 200 valence electrons. The fourth-order valence-corrected chi connectivity index (χ4v) is 4.06. The number of ether oxygens (including phenoxy) is 5. The maximum absolute atomic E-state index is 10.6. The molecule has 3 fully saturated rings. The molecule has 16 nitrogen and oxygen atoms in total. The monoisotopic (exact) mass is 504 g/mol. The molecule has 3 aliphatic rings. The number of rotatable bonds is 7. The fraction of sp³-hybridized carbons (Fsp3) is 1.00. The fourth-order valence-electron chi connectivity index (χ4n) is 4.06. The summed E-state index contributed by atoms with van der Waals surface area (Å²) in [6.45, 7) is -2.32. The first-order valence-corrected chi connectivity index (χ1v) is 10.6. The Labute approximate surface area is 192 Å². The van der Waals surface area contributed by atoms with Gasteiger partial charge < -0.3 is 79.9 Å². The molecule has 0 aromatic carbocycles. The zero-order chi connectivity index (χ0) is 25.3. The van der Waals surface area contributed by atoms with E-state index in [1.165, 1.54) is 0 Å². The predicted octanol–water partition coefficient (Wildman–Crippen LogP) is -7.57. The minimum absolute atomic E-state index is 0.741. The lowest BCUT2D eigenvalue weighted by Gasteiger charge is -2.47. The van der Waals surface area contributed by atoms with E-state index in [0.717, 1.165) is 0 Å². The van der Waals surface area contributed by atoms with Crippen molar-refractivity contribution in [1.29, 1.82) is 0 Å². The minimum Gasteiger partial charge on any atom is -0.394 e. The van der Waals surface area contributed by atoms with Crippen LogP contribution in [0.3, 0.4) is 0 Å². The topological polar surface area (TPSA) is 269 Å². The van der Waals surface area contributed by atoms with E-state index in [4.69, 9.17) is 23.7 Å². The van der Waals surface area contributed by atoms with Gasteiger partial charge in [-0.05, 0) is 0 Å². The van der Waals surface area contributed by atoms with Crippen LogP contribution in [0.25, 0.3) is 0 Å². The third kappa shape index (κ3) is 5.37. The lowest BCUT2D eigenvalue weighted by atomic mass is 9.96. The molecule has 8 unspecified atom stereocenters. The van der Waals surface area contributed by atoms with Gasteiger partial charge in [-0.3, -0.25) is 0 Å². The number of hydrogen-bond donors (Lipinski definition) is 11. The van der Waals surface area contributed by atoms with Crippen molar-refractivity contribution in [3.63, 3.8) is 0 Å². The molecule has 0 radical (unpaired) electrons. The van der Waals surface area contributed by atoms with Gasteiger partial charge in [0.25, 0.3) is 0 Å². The van der Waals surface area contributed by atoms with Gasteiger partial charge in [-0.1, -0.05) is 0 Å². The summed E-state index contributed by atoms with van der Waals surface area (Å²) < 4.78 is 26.4. The molecule has 11 N–H and O–H groups in total. The molecule has 0 spiro atoms. The maximum Gasteiger partial charge on any atom is 0.187 e. The van der Waals surface area contributed by atoms with Gasteiger partial charge in [-0.2, -0.15) is 0 Å². The van der Waals surface area contributed by atoms with Crippen molar-refractivity contribution in [2.24, 2.45) is 0 Å². The van der Waals surface area contributed by atoms with Crippen LogP contribution in [0.1, 0.15) is 0 Å². The first kappa shape index (κ1) is 27.9. The van der Waals surface area contributed by atoms with Crippen molar-refractivity contribution in [2.45, 2.75) is 92.1 Å². The van der Waals surface area contributed by atoms with E-state index < -0.39 is 112 Å². The molecule has 16 heteroatoms. The zero-order valence-electron chi connectivity index (χ0n) is 17.7. The molecule has 3 heterocycles. The van der Waals surface area contributed by atoms with Gasteiger partial charge in [-0.25, -0.2) is 0 Å². The lowest BCUT2D eigenvalue weighted by molar-refractivity contribution is -0.377. The van der Waals surface area contributed by atoms with Crippen LogP contribution in [-0.4, -0.2) is 168 Å². The average molecular weight is 504 g/mol. The first-order valence-electron chi connectivity index (χ1n) is 10.6. The Bertz CT molecular complexity index is 635. The molecular weight excluding hydrogens is 472 g/mol. The Balaban J connectivity index is 1.72. The Morgan fingerprint density at radius 1 is 0.441 bits per heavy atom. The Morgan fingerprint density at radius 3 is 1.35 bits per heavy atom.